The topological polar surface area (TPSA) is 104 Å². The fourth-order valence-corrected chi connectivity index (χ4v) is 3.10. The van der Waals surface area contributed by atoms with Crippen LogP contribution in [0.4, 0.5) is 0 Å². The maximum Gasteiger partial charge on any atom is 0.335 e. The summed E-state index contributed by atoms with van der Waals surface area (Å²) < 4.78 is 6.01. The Labute approximate surface area is 165 Å². The molecule has 0 amide bonds. The molecular weight excluding hydrogens is 360 g/mol. The summed E-state index contributed by atoms with van der Waals surface area (Å²) in [6.07, 6.45) is 3.43. The van der Waals surface area contributed by atoms with Crippen LogP contribution >= 0.6 is 0 Å². The van der Waals surface area contributed by atoms with Crippen molar-refractivity contribution in [2.45, 2.75) is 71.2 Å². The van der Waals surface area contributed by atoms with Gasteiger partial charge in [-0.2, -0.15) is 0 Å². The first-order valence-electron chi connectivity index (χ1n) is 9.52. The molecule has 0 aliphatic carbocycles. The molecule has 1 aliphatic rings. The number of rotatable bonds is 7. The van der Waals surface area contributed by atoms with Gasteiger partial charge in [0.1, 0.15) is 11.4 Å². The van der Waals surface area contributed by atoms with E-state index in [4.69, 9.17) is 4.74 Å². The Balaban J connectivity index is 2.24. The van der Waals surface area contributed by atoms with E-state index in [1.165, 1.54) is 12.2 Å². The molecule has 0 saturated carbocycles. The van der Waals surface area contributed by atoms with Crippen LogP contribution in [0.1, 0.15) is 62.5 Å². The second-order valence-electron chi connectivity index (χ2n) is 8.68. The Morgan fingerprint density at radius 2 is 2.00 bits per heavy atom. The maximum atomic E-state index is 12.3. The molecular formula is C22H30O6. The van der Waals surface area contributed by atoms with E-state index in [0.717, 1.165) is 5.56 Å². The van der Waals surface area contributed by atoms with E-state index in [1.807, 2.05) is 0 Å². The number of benzene rings is 1. The second-order valence-corrected chi connectivity index (χ2v) is 8.68. The summed E-state index contributed by atoms with van der Waals surface area (Å²) in [7, 11) is 0. The molecule has 6 heteroatoms. The van der Waals surface area contributed by atoms with Crippen LogP contribution < -0.4 is 4.74 Å². The van der Waals surface area contributed by atoms with Gasteiger partial charge in [-0.3, -0.25) is 4.79 Å². The molecule has 28 heavy (non-hydrogen) atoms. The van der Waals surface area contributed by atoms with Gasteiger partial charge in [-0.05, 0) is 69.9 Å². The molecule has 2 rings (SSSR count). The Hall–Kier alpha value is -2.18. The first-order valence-corrected chi connectivity index (χ1v) is 9.52. The molecule has 0 aromatic heterocycles. The minimum absolute atomic E-state index is 0.0953. The third-order valence-corrected chi connectivity index (χ3v) is 5.06. The van der Waals surface area contributed by atoms with Crippen molar-refractivity contribution in [1.29, 1.82) is 0 Å². The summed E-state index contributed by atoms with van der Waals surface area (Å²) in [6.45, 7) is 8.59. The van der Waals surface area contributed by atoms with Gasteiger partial charge in [0.15, 0.2) is 5.78 Å². The van der Waals surface area contributed by atoms with Crippen LogP contribution in [0, 0.1) is 5.92 Å². The molecule has 154 valence electrons. The number of ether oxygens (including phenoxy) is 1. The lowest BCUT2D eigenvalue weighted by atomic mass is 9.87. The molecule has 3 N–H and O–H groups in total. The molecule has 1 aromatic rings. The van der Waals surface area contributed by atoms with Gasteiger partial charge in [-0.1, -0.05) is 13.0 Å². The van der Waals surface area contributed by atoms with E-state index < -0.39 is 23.3 Å². The number of carbonyl (C=O) groups is 2. The summed E-state index contributed by atoms with van der Waals surface area (Å²) in [5.41, 5.74) is -0.290. The van der Waals surface area contributed by atoms with Gasteiger partial charge in [-0.25, -0.2) is 4.79 Å². The number of hydrogen-bond donors (Lipinski definition) is 3. The smallest absolute Gasteiger partial charge is 0.335 e. The molecule has 1 aliphatic heterocycles. The van der Waals surface area contributed by atoms with Gasteiger partial charge < -0.3 is 20.1 Å². The van der Waals surface area contributed by atoms with Crippen LogP contribution in [-0.2, 0) is 17.6 Å². The summed E-state index contributed by atoms with van der Waals surface area (Å²) in [5, 5.41) is 29.4. The zero-order chi connectivity index (χ0) is 21.3. The summed E-state index contributed by atoms with van der Waals surface area (Å²) in [6, 6.07) is 3.12. The lowest BCUT2D eigenvalue weighted by Crippen LogP contribution is -2.46. The lowest BCUT2D eigenvalue weighted by molar-refractivity contribution is -0.118. The highest BCUT2D eigenvalue weighted by molar-refractivity contribution is 5.91. The normalized spacial score (nSPS) is 19.8. The molecule has 0 radical (unpaired) electrons. The standard InChI is InChI=1S/C22H30O6/c1-13(17(23)8-9-21(2,3)27)6-7-14-10-16(20(25)26)11-15-12-18(24)22(4,5)28-19(14)15/h8-11,13,18,24,27H,6-7,12H2,1-5H3,(H,25,26)/t13-,18+/m0/s1. The first kappa shape index (κ1) is 22.1. The molecule has 0 saturated heterocycles. The summed E-state index contributed by atoms with van der Waals surface area (Å²) in [4.78, 5) is 23.7. The van der Waals surface area contributed by atoms with Gasteiger partial charge in [0, 0.05) is 12.3 Å². The van der Waals surface area contributed by atoms with Crippen LogP contribution in [-0.4, -0.2) is 44.4 Å². The largest absolute Gasteiger partial charge is 0.485 e. The Morgan fingerprint density at radius 3 is 2.57 bits per heavy atom. The predicted molar refractivity (Wildman–Crippen MR) is 106 cm³/mol. The van der Waals surface area contributed by atoms with Crippen molar-refractivity contribution in [3.63, 3.8) is 0 Å². The molecule has 1 heterocycles. The molecule has 0 fully saturated rings. The van der Waals surface area contributed by atoms with Crippen LogP contribution in [0.5, 0.6) is 5.75 Å². The van der Waals surface area contributed by atoms with E-state index in [0.29, 0.717) is 30.6 Å². The summed E-state index contributed by atoms with van der Waals surface area (Å²) >= 11 is 0. The molecule has 2 atom stereocenters. The lowest BCUT2D eigenvalue weighted by Gasteiger charge is -2.38. The van der Waals surface area contributed by atoms with E-state index in [9.17, 15) is 24.9 Å². The van der Waals surface area contributed by atoms with E-state index in [2.05, 4.69) is 0 Å². The second kappa shape index (κ2) is 8.05. The van der Waals surface area contributed by atoms with Crippen LogP contribution in [0.15, 0.2) is 24.3 Å². The number of carbonyl (C=O) groups excluding carboxylic acids is 1. The number of allylic oxidation sites excluding steroid dienone is 1. The number of aryl methyl sites for hydroxylation is 1. The molecule has 1 aromatic carbocycles. The average molecular weight is 390 g/mol. The molecule has 6 nitrogen and oxygen atoms in total. The van der Waals surface area contributed by atoms with Crippen molar-refractivity contribution in [2.75, 3.05) is 0 Å². The Bertz CT molecular complexity index is 785. The first-order chi connectivity index (χ1) is 12.8. The highest BCUT2D eigenvalue weighted by Crippen LogP contribution is 2.38. The number of aromatic carboxylic acids is 1. The highest BCUT2D eigenvalue weighted by Gasteiger charge is 2.37. The minimum Gasteiger partial charge on any atom is -0.485 e. The quantitative estimate of drug-likeness (QED) is 0.619. The van der Waals surface area contributed by atoms with Gasteiger partial charge in [0.2, 0.25) is 0 Å². The van der Waals surface area contributed by atoms with Crippen LogP contribution in [0.25, 0.3) is 0 Å². The van der Waals surface area contributed by atoms with Crippen molar-refractivity contribution < 1.29 is 29.6 Å². The third kappa shape index (κ3) is 5.42. The number of carboxylic acid groups (broad SMARTS) is 1. The number of carboxylic acids is 1. The van der Waals surface area contributed by atoms with Gasteiger partial charge in [-0.15, -0.1) is 0 Å². The predicted octanol–water partition coefficient (Wildman–Crippen LogP) is 2.92. The van der Waals surface area contributed by atoms with E-state index >= 15 is 0 Å². The van der Waals surface area contributed by atoms with Crippen molar-refractivity contribution in [1.82, 2.24) is 0 Å². The van der Waals surface area contributed by atoms with Crippen LogP contribution in [0.2, 0.25) is 0 Å². The third-order valence-electron chi connectivity index (χ3n) is 5.06. The van der Waals surface area contributed by atoms with Crippen molar-refractivity contribution in [3.8, 4) is 5.75 Å². The average Bonchev–Trinajstić information content (AvgIpc) is 2.57. The van der Waals surface area contributed by atoms with E-state index in [-0.39, 0.29) is 17.3 Å². The Morgan fingerprint density at radius 1 is 1.36 bits per heavy atom. The van der Waals surface area contributed by atoms with Crippen molar-refractivity contribution >= 4 is 11.8 Å². The molecule has 0 unspecified atom stereocenters. The Kier molecular flexibility index (Phi) is 6.36. The zero-order valence-corrected chi connectivity index (χ0v) is 17.2. The number of hydrogen-bond acceptors (Lipinski definition) is 5. The maximum absolute atomic E-state index is 12.3. The fraction of sp³-hybridized carbons (Fsp3) is 0.545. The van der Waals surface area contributed by atoms with Gasteiger partial charge in [0.25, 0.3) is 0 Å². The summed E-state index contributed by atoms with van der Waals surface area (Å²) in [5.74, 6) is -0.820. The van der Waals surface area contributed by atoms with Crippen molar-refractivity contribution in [2.24, 2.45) is 5.92 Å². The number of aliphatic hydroxyl groups is 2. The highest BCUT2D eigenvalue weighted by atomic mass is 16.5. The van der Waals surface area contributed by atoms with Crippen LogP contribution in [0.3, 0.4) is 0 Å². The minimum atomic E-state index is -1.05. The zero-order valence-electron chi connectivity index (χ0n) is 17.2. The SMILES string of the molecule is C[C@@H](CCc1cc(C(=O)O)cc2c1OC(C)(C)[C@H](O)C2)C(=O)C=CC(C)(C)O. The molecule has 0 bridgehead atoms. The van der Waals surface area contributed by atoms with Gasteiger partial charge >= 0.3 is 5.97 Å². The number of fused-ring (bicyclic) bond motifs is 1. The van der Waals surface area contributed by atoms with Crippen molar-refractivity contribution in [3.05, 3.63) is 41.0 Å². The molecule has 0 spiro atoms. The monoisotopic (exact) mass is 390 g/mol. The van der Waals surface area contributed by atoms with Gasteiger partial charge in [0.05, 0.1) is 17.3 Å². The fourth-order valence-electron chi connectivity index (χ4n) is 3.10. The number of ketones is 1. The number of aliphatic hydroxyl groups excluding tert-OH is 1. The van der Waals surface area contributed by atoms with E-state index in [1.54, 1.807) is 46.8 Å².